The smallest absolute Gasteiger partial charge is 0.334 e. The number of nitrogens with zero attached hydrogens (tertiary/aromatic N) is 5. The van der Waals surface area contributed by atoms with Crippen LogP contribution in [-0.4, -0.2) is 45.8 Å². The molecule has 1 fully saturated rings. The number of halogens is 1. The number of hydrogen-bond acceptors (Lipinski definition) is 5. The molecule has 0 bridgehead atoms. The van der Waals surface area contributed by atoms with Crippen LogP contribution in [0.25, 0.3) is 0 Å². The summed E-state index contributed by atoms with van der Waals surface area (Å²) in [7, 11) is 1.78. The first-order valence-corrected chi connectivity index (χ1v) is 8.79. The van der Waals surface area contributed by atoms with E-state index in [4.69, 9.17) is 11.6 Å². The SMILES string of the molecule is CCc1nn(C)c(N2CCN(Cc3ccc(Cl)cc3)CC2)c1[N+](=O)[O-]. The molecule has 3 rings (SSSR count). The van der Waals surface area contributed by atoms with E-state index in [2.05, 4.69) is 14.9 Å². The summed E-state index contributed by atoms with van der Waals surface area (Å²) in [5, 5.41) is 16.6. The van der Waals surface area contributed by atoms with Crippen LogP contribution in [0.2, 0.25) is 5.02 Å². The largest absolute Gasteiger partial charge is 0.349 e. The van der Waals surface area contributed by atoms with Gasteiger partial charge in [-0.15, -0.1) is 0 Å². The Hall–Kier alpha value is -2.12. The molecule has 0 atom stereocenters. The van der Waals surface area contributed by atoms with E-state index in [0.717, 1.165) is 37.7 Å². The van der Waals surface area contributed by atoms with Gasteiger partial charge in [-0.05, 0) is 24.1 Å². The molecule has 134 valence electrons. The van der Waals surface area contributed by atoms with Gasteiger partial charge in [0.1, 0.15) is 5.69 Å². The van der Waals surface area contributed by atoms with Gasteiger partial charge in [-0.3, -0.25) is 15.0 Å². The Morgan fingerprint density at radius 2 is 1.84 bits per heavy atom. The molecule has 2 heterocycles. The van der Waals surface area contributed by atoms with Gasteiger partial charge in [0.2, 0.25) is 5.82 Å². The molecule has 0 N–H and O–H groups in total. The summed E-state index contributed by atoms with van der Waals surface area (Å²) in [5.74, 6) is 0.619. The molecule has 1 aliphatic rings. The number of nitro groups is 1. The second-order valence-corrected chi connectivity index (χ2v) is 6.68. The highest BCUT2D eigenvalue weighted by Crippen LogP contribution is 2.32. The Morgan fingerprint density at radius 3 is 2.40 bits per heavy atom. The predicted molar refractivity (Wildman–Crippen MR) is 98.2 cm³/mol. The fourth-order valence-electron chi connectivity index (χ4n) is 3.30. The first kappa shape index (κ1) is 17.7. The summed E-state index contributed by atoms with van der Waals surface area (Å²) < 4.78 is 1.64. The number of rotatable bonds is 5. The Labute approximate surface area is 151 Å². The number of anilines is 1. The Morgan fingerprint density at radius 1 is 1.20 bits per heavy atom. The van der Waals surface area contributed by atoms with Crippen LogP contribution in [0.3, 0.4) is 0 Å². The molecule has 0 spiro atoms. The number of aromatic nitrogens is 2. The van der Waals surface area contributed by atoms with E-state index in [-0.39, 0.29) is 10.6 Å². The summed E-state index contributed by atoms with van der Waals surface area (Å²) in [4.78, 5) is 15.6. The minimum Gasteiger partial charge on any atom is -0.349 e. The Bertz CT molecular complexity index is 751. The minimum absolute atomic E-state index is 0.149. The second-order valence-electron chi connectivity index (χ2n) is 6.24. The monoisotopic (exact) mass is 363 g/mol. The molecule has 0 radical (unpaired) electrons. The summed E-state index contributed by atoms with van der Waals surface area (Å²) in [6.07, 6.45) is 0.556. The molecule has 1 aliphatic heterocycles. The average Bonchev–Trinajstić information content (AvgIpc) is 2.94. The van der Waals surface area contributed by atoms with Crippen molar-refractivity contribution in [2.24, 2.45) is 7.05 Å². The van der Waals surface area contributed by atoms with Gasteiger partial charge in [0, 0.05) is 44.8 Å². The zero-order valence-electron chi connectivity index (χ0n) is 14.5. The topological polar surface area (TPSA) is 67.4 Å². The first-order valence-electron chi connectivity index (χ1n) is 8.41. The van der Waals surface area contributed by atoms with Crippen LogP contribution >= 0.6 is 11.6 Å². The maximum atomic E-state index is 11.5. The normalized spacial score (nSPS) is 15.6. The third kappa shape index (κ3) is 3.77. The van der Waals surface area contributed by atoms with E-state index >= 15 is 0 Å². The van der Waals surface area contributed by atoms with Gasteiger partial charge in [0.05, 0.1) is 4.92 Å². The standard InChI is InChI=1S/C17H22ClN5O2/c1-3-15-16(23(24)25)17(20(2)19-15)22-10-8-21(9-11-22)12-13-4-6-14(18)7-5-13/h4-7H,3,8-12H2,1-2H3. The van der Waals surface area contributed by atoms with Crippen molar-refractivity contribution in [1.29, 1.82) is 0 Å². The molecule has 0 aliphatic carbocycles. The Kier molecular flexibility index (Phi) is 5.24. The summed E-state index contributed by atoms with van der Waals surface area (Å²) in [6, 6.07) is 7.87. The van der Waals surface area contributed by atoms with Crippen LogP contribution < -0.4 is 4.90 Å². The number of aryl methyl sites for hydroxylation is 2. The fourth-order valence-corrected chi connectivity index (χ4v) is 3.43. The maximum absolute atomic E-state index is 11.5. The highest BCUT2D eigenvalue weighted by molar-refractivity contribution is 6.30. The lowest BCUT2D eigenvalue weighted by Gasteiger charge is -2.35. The molecule has 25 heavy (non-hydrogen) atoms. The summed E-state index contributed by atoms with van der Waals surface area (Å²) >= 11 is 5.93. The maximum Gasteiger partial charge on any atom is 0.334 e. The van der Waals surface area contributed by atoms with E-state index in [0.29, 0.717) is 17.9 Å². The van der Waals surface area contributed by atoms with Crippen LogP contribution in [0.15, 0.2) is 24.3 Å². The molecule has 0 unspecified atom stereocenters. The number of piperazine rings is 1. The van der Waals surface area contributed by atoms with Crippen molar-refractivity contribution in [1.82, 2.24) is 14.7 Å². The van der Waals surface area contributed by atoms with Crippen LogP contribution in [-0.2, 0) is 20.0 Å². The van der Waals surface area contributed by atoms with E-state index in [1.54, 1.807) is 11.7 Å². The zero-order valence-corrected chi connectivity index (χ0v) is 15.2. The summed E-state index contributed by atoms with van der Waals surface area (Å²) in [6.45, 7) is 5.95. The van der Waals surface area contributed by atoms with Gasteiger partial charge in [-0.1, -0.05) is 30.7 Å². The lowest BCUT2D eigenvalue weighted by atomic mass is 10.2. The third-order valence-electron chi connectivity index (χ3n) is 4.57. The van der Waals surface area contributed by atoms with Gasteiger partial charge in [0.15, 0.2) is 0 Å². The van der Waals surface area contributed by atoms with Crippen LogP contribution in [0, 0.1) is 10.1 Å². The van der Waals surface area contributed by atoms with Crippen molar-refractivity contribution in [3.05, 3.63) is 50.7 Å². The highest BCUT2D eigenvalue weighted by atomic mass is 35.5. The molecule has 2 aromatic rings. The van der Waals surface area contributed by atoms with E-state index in [9.17, 15) is 10.1 Å². The van der Waals surface area contributed by atoms with Gasteiger partial charge in [-0.25, -0.2) is 4.68 Å². The molecule has 7 nitrogen and oxygen atoms in total. The quantitative estimate of drug-likeness (QED) is 0.603. The minimum atomic E-state index is -0.304. The zero-order chi connectivity index (χ0) is 18.0. The number of benzene rings is 1. The lowest BCUT2D eigenvalue weighted by molar-refractivity contribution is -0.384. The van der Waals surface area contributed by atoms with Crippen molar-refractivity contribution >= 4 is 23.1 Å². The fraction of sp³-hybridized carbons (Fsp3) is 0.471. The van der Waals surface area contributed by atoms with Gasteiger partial charge < -0.3 is 4.90 Å². The van der Waals surface area contributed by atoms with Crippen LogP contribution in [0.1, 0.15) is 18.2 Å². The predicted octanol–water partition coefficient (Wildman–Crippen LogP) is 2.87. The van der Waals surface area contributed by atoms with Crippen molar-refractivity contribution in [2.75, 3.05) is 31.1 Å². The lowest BCUT2D eigenvalue weighted by Crippen LogP contribution is -2.46. The molecule has 1 aromatic carbocycles. The molecule has 1 aromatic heterocycles. The van der Waals surface area contributed by atoms with E-state index in [1.807, 2.05) is 31.2 Å². The number of hydrogen-bond donors (Lipinski definition) is 0. The van der Waals surface area contributed by atoms with Gasteiger partial charge >= 0.3 is 5.69 Å². The second kappa shape index (κ2) is 7.41. The first-order chi connectivity index (χ1) is 12.0. The van der Waals surface area contributed by atoms with Gasteiger partial charge in [0.25, 0.3) is 0 Å². The van der Waals surface area contributed by atoms with E-state index < -0.39 is 0 Å². The molecule has 8 heteroatoms. The van der Waals surface area contributed by atoms with Crippen molar-refractivity contribution in [3.63, 3.8) is 0 Å². The molecule has 0 saturated carbocycles. The van der Waals surface area contributed by atoms with E-state index in [1.165, 1.54) is 5.56 Å². The Balaban J connectivity index is 1.69. The van der Waals surface area contributed by atoms with Crippen molar-refractivity contribution < 1.29 is 4.92 Å². The molecular formula is C17H22ClN5O2. The molecular weight excluding hydrogens is 342 g/mol. The molecule has 0 amide bonds. The van der Waals surface area contributed by atoms with Crippen LogP contribution in [0.4, 0.5) is 11.5 Å². The van der Waals surface area contributed by atoms with Crippen LogP contribution in [0.5, 0.6) is 0 Å². The van der Waals surface area contributed by atoms with Crippen molar-refractivity contribution in [2.45, 2.75) is 19.9 Å². The van der Waals surface area contributed by atoms with Gasteiger partial charge in [-0.2, -0.15) is 5.10 Å². The third-order valence-corrected chi connectivity index (χ3v) is 4.82. The molecule has 1 saturated heterocycles. The van der Waals surface area contributed by atoms with Crippen molar-refractivity contribution in [3.8, 4) is 0 Å². The summed E-state index contributed by atoms with van der Waals surface area (Å²) in [5.41, 5.74) is 1.92. The highest BCUT2D eigenvalue weighted by Gasteiger charge is 2.31. The average molecular weight is 364 g/mol.